The van der Waals surface area contributed by atoms with Crippen LogP contribution in [0.1, 0.15) is 6.92 Å². The van der Waals surface area contributed by atoms with Gasteiger partial charge in [-0.15, -0.1) is 0 Å². The van der Waals surface area contributed by atoms with Crippen LogP contribution in [0.15, 0.2) is 121 Å². The Morgan fingerprint density at radius 2 is 0.933 bits per heavy atom. The van der Waals surface area contributed by atoms with Crippen LogP contribution in [0.4, 0.5) is 0 Å². The Labute approximate surface area is 181 Å². The number of rotatable bonds is 8. The second-order valence-corrected chi connectivity index (χ2v) is 12.3. The van der Waals surface area contributed by atoms with Crippen molar-refractivity contribution >= 4 is 38.3 Å². The zero-order chi connectivity index (χ0) is 20.7. The van der Waals surface area contributed by atoms with E-state index >= 15 is 0 Å². The van der Waals surface area contributed by atoms with Gasteiger partial charge >= 0.3 is 8.56 Å². The molecule has 0 spiro atoms. The average Bonchev–Trinajstić information content (AvgIpc) is 2.84. The van der Waals surface area contributed by atoms with E-state index in [1.54, 1.807) is 0 Å². The molecule has 0 aliphatic heterocycles. The molecule has 4 heteroatoms. The minimum Gasteiger partial charge on any atom is -0.421 e. The summed E-state index contributed by atoms with van der Waals surface area (Å²) in [6.45, 7) is 2.64. The van der Waals surface area contributed by atoms with Crippen LogP contribution in [0, 0.1) is 0 Å². The molecule has 4 aromatic rings. The fourth-order valence-corrected chi connectivity index (χ4v) is 10.5. The summed E-state index contributed by atoms with van der Waals surface area (Å²) in [4.78, 5) is 0. The maximum atomic E-state index is 7.24. The molecular weight excluding hydrogens is 400 g/mol. The van der Waals surface area contributed by atoms with E-state index in [0.29, 0.717) is 6.61 Å². The summed E-state index contributed by atoms with van der Waals surface area (Å²) >= 11 is 0. The lowest BCUT2D eigenvalue weighted by atomic mass is 10.4. The van der Waals surface area contributed by atoms with Crippen LogP contribution in [0.25, 0.3) is 0 Å². The highest BCUT2D eigenvalue weighted by atomic mass is 28.4. The summed E-state index contributed by atoms with van der Waals surface area (Å²) in [5, 5.41) is 4.70. The maximum Gasteiger partial charge on any atom is 0.397 e. The Morgan fingerprint density at radius 1 is 0.567 bits per heavy atom. The number of benzene rings is 4. The summed E-state index contributed by atoms with van der Waals surface area (Å²) in [6, 6.07) is 42.0. The van der Waals surface area contributed by atoms with Crippen LogP contribution in [0.2, 0.25) is 0 Å². The molecule has 0 heterocycles. The monoisotopic (exact) mass is 425 g/mol. The van der Waals surface area contributed by atoms with Crippen LogP contribution in [-0.2, 0) is 8.54 Å². The van der Waals surface area contributed by atoms with Gasteiger partial charge in [-0.1, -0.05) is 121 Å². The van der Waals surface area contributed by atoms with E-state index in [1.165, 1.54) is 10.4 Å². The van der Waals surface area contributed by atoms with Gasteiger partial charge in [-0.2, -0.15) is 0 Å². The lowest BCUT2D eigenvalue weighted by molar-refractivity contribution is 0.280. The Kier molecular flexibility index (Phi) is 6.71. The van der Waals surface area contributed by atoms with Crippen molar-refractivity contribution in [3.8, 4) is 0 Å². The third-order valence-electron chi connectivity index (χ3n) is 4.97. The average molecular weight is 426 g/mol. The van der Waals surface area contributed by atoms with Crippen LogP contribution in [-0.4, -0.2) is 24.2 Å². The van der Waals surface area contributed by atoms with Crippen molar-refractivity contribution in [3.05, 3.63) is 121 Å². The molecule has 30 heavy (non-hydrogen) atoms. The molecule has 0 unspecified atom stereocenters. The van der Waals surface area contributed by atoms with E-state index in [2.05, 4.69) is 116 Å². The second-order valence-electron chi connectivity index (χ2n) is 6.94. The first-order valence-electron chi connectivity index (χ1n) is 10.3. The van der Waals surface area contributed by atoms with E-state index in [4.69, 9.17) is 8.54 Å². The van der Waals surface area contributed by atoms with Crippen molar-refractivity contribution < 1.29 is 8.54 Å². The van der Waals surface area contributed by atoms with Crippen molar-refractivity contribution in [1.29, 1.82) is 0 Å². The van der Waals surface area contributed by atoms with Crippen LogP contribution in [0.5, 0.6) is 0 Å². The Balaban J connectivity index is 1.89. The number of hydrogen-bond donors (Lipinski definition) is 0. The van der Waals surface area contributed by atoms with Gasteiger partial charge in [0.1, 0.15) is 0 Å². The van der Waals surface area contributed by atoms with Gasteiger partial charge in [0.2, 0.25) is 0 Å². The predicted molar refractivity (Wildman–Crippen MR) is 129 cm³/mol. The molecule has 0 aliphatic rings. The van der Waals surface area contributed by atoms with E-state index in [1.807, 2.05) is 12.1 Å². The van der Waals surface area contributed by atoms with Gasteiger partial charge in [0.25, 0.3) is 9.04 Å². The summed E-state index contributed by atoms with van der Waals surface area (Å²) in [5.74, 6) is 0. The normalized spacial score (nSPS) is 11.5. The van der Waals surface area contributed by atoms with Crippen molar-refractivity contribution in [2.24, 2.45) is 0 Å². The van der Waals surface area contributed by atoms with E-state index < -0.39 is 17.6 Å². The molecule has 4 aromatic carbocycles. The summed E-state index contributed by atoms with van der Waals surface area (Å²) in [5.41, 5.74) is 0. The van der Waals surface area contributed by atoms with E-state index in [0.717, 1.165) is 10.4 Å². The van der Waals surface area contributed by atoms with Gasteiger partial charge in [0.15, 0.2) is 0 Å². The molecular formula is C26H25O2Si2. The Morgan fingerprint density at radius 3 is 1.30 bits per heavy atom. The highest BCUT2D eigenvalue weighted by molar-refractivity contribution is 6.99. The standard InChI is InChI=1S/C26H25O2Si2/c1-2-27-30(25-19-11-5-12-20-25,26-21-13-6-14-22-26)28-29(23-15-7-3-8-16-23)24-17-9-4-10-18-24/h3-22H,2H2,1H3. The van der Waals surface area contributed by atoms with Crippen LogP contribution < -0.4 is 20.7 Å². The summed E-state index contributed by atoms with van der Waals surface area (Å²) in [6.07, 6.45) is 0. The van der Waals surface area contributed by atoms with Crippen molar-refractivity contribution in [1.82, 2.24) is 0 Å². The van der Waals surface area contributed by atoms with Gasteiger partial charge in [-0.05, 0) is 27.7 Å². The zero-order valence-electron chi connectivity index (χ0n) is 17.1. The molecule has 0 aliphatic carbocycles. The molecule has 0 fully saturated rings. The lowest BCUT2D eigenvalue weighted by Gasteiger charge is -2.35. The highest BCUT2D eigenvalue weighted by Gasteiger charge is 2.45. The maximum absolute atomic E-state index is 7.24. The predicted octanol–water partition coefficient (Wildman–Crippen LogP) is 3.10. The van der Waals surface area contributed by atoms with Gasteiger partial charge in [-0.25, -0.2) is 0 Å². The molecule has 0 N–H and O–H groups in total. The molecule has 0 saturated heterocycles. The molecule has 0 atom stereocenters. The zero-order valence-corrected chi connectivity index (χ0v) is 19.1. The highest BCUT2D eigenvalue weighted by Crippen LogP contribution is 2.12. The minimum atomic E-state index is -2.93. The molecule has 0 amide bonds. The third kappa shape index (κ3) is 4.37. The largest absolute Gasteiger partial charge is 0.421 e. The summed E-state index contributed by atoms with van der Waals surface area (Å²) in [7, 11) is -4.47. The van der Waals surface area contributed by atoms with Crippen molar-refractivity contribution in [2.75, 3.05) is 6.61 Å². The van der Waals surface area contributed by atoms with Gasteiger partial charge < -0.3 is 8.54 Å². The van der Waals surface area contributed by atoms with Crippen LogP contribution >= 0.6 is 0 Å². The Hall–Kier alpha value is -2.77. The molecule has 2 nitrogen and oxygen atoms in total. The molecule has 4 rings (SSSR count). The Bertz CT molecular complexity index is 947. The quantitative estimate of drug-likeness (QED) is 0.404. The lowest BCUT2D eigenvalue weighted by Crippen LogP contribution is -2.68. The number of hydrogen-bond acceptors (Lipinski definition) is 2. The fourth-order valence-electron chi connectivity index (χ4n) is 3.61. The third-order valence-corrected chi connectivity index (χ3v) is 11.5. The molecule has 0 saturated carbocycles. The van der Waals surface area contributed by atoms with Crippen molar-refractivity contribution in [2.45, 2.75) is 6.92 Å². The smallest absolute Gasteiger partial charge is 0.397 e. The second kappa shape index (κ2) is 9.82. The molecule has 0 bridgehead atoms. The van der Waals surface area contributed by atoms with Gasteiger partial charge in [-0.3, -0.25) is 0 Å². The first-order chi connectivity index (χ1) is 14.8. The van der Waals surface area contributed by atoms with Gasteiger partial charge in [0.05, 0.1) is 0 Å². The first kappa shape index (κ1) is 20.5. The SMILES string of the molecule is CCO[Si](O[Si](c1ccccc1)c1ccccc1)(c1ccccc1)c1ccccc1. The van der Waals surface area contributed by atoms with Crippen molar-refractivity contribution in [3.63, 3.8) is 0 Å². The topological polar surface area (TPSA) is 18.5 Å². The minimum absolute atomic E-state index is 0.592. The van der Waals surface area contributed by atoms with E-state index in [9.17, 15) is 0 Å². The molecule has 1 radical (unpaired) electrons. The summed E-state index contributed by atoms with van der Waals surface area (Å²) < 4.78 is 13.9. The van der Waals surface area contributed by atoms with Gasteiger partial charge in [0, 0.05) is 6.61 Å². The molecule has 0 aromatic heterocycles. The molecule has 149 valence electrons. The first-order valence-corrected chi connectivity index (χ1v) is 13.5. The van der Waals surface area contributed by atoms with E-state index in [-0.39, 0.29) is 0 Å². The van der Waals surface area contributed by atoms with Crippen LogP contribution in [0.3, 0.4) is 0 Å². The fraction of sp³-hybridized carbons (Fsp3) is 0.0769.